The fourth-order valence-corrected chi connectivity index (χ4v) is 4.21. The highest BCUT2D eigenvalue weighted by Crippen LogP contribution is 2.26. The van der Waals surface area contributed by atoms with E-state index in [-0.39, 0.29) is 24.2 Å². The Bertz CT molecular complexity index is 355. The average Bonchev–Trinajstić information content (AvgIpc) is 2.47. The van der Waals surface area contributed by atoms with Crippen molar-refractivity contribution in [1.82, 2.24) is 8.61 Å². The molecule has 0 aromatic heterocycles. The number of carbonyl (C=O) groups excluding carboxylic acids is 1. The molecule has 0 bridgehead atoms. The van der Waals surface area contributed by atoms with Gasteiger partial charge in [-0.2, -0.15) is 0 Å². The summed E-state index contributed by atoms with van der Waals surface area (Å²) >= 11 is 2.94. The van der Waals surface area contributed by atoms with Crippen LogP contribution < -0.4 is 0 Å². The molecule has 1 saturated carbocycles. The zero-order valence-electron chi connectivity index (χ0n) is 14.1. The molecule has 0 spiro atoms. The third kappa shape index (κ3) is 5.91. The number of urea groups is 1. The Morgan fingerprint density at radius 2 is 1.73 bits per heavy atom. The van der Waals surface area contributed by atoms with E-state index in [2.05, 4.69) is 0 Å². The van der Waals surface area contributed by atoms with Crippen LogP contribution in [0.3, 0.4) is 0 Å². The smallest absolute Gasteiger partial charge is 0.348 e. The molecule has 1 N–H and O–H groups in total. The lowest BCUT2D eigenvalue weighted by molar-refractivity contribution is 0.109. The first kappa shape index (κ1) is 19.5. The van der Waals surface area contributed by atoms with E-state index in [9.17, 15) is 4.79 Å². The predicted molar refractivity (Wildman–Crippen MR) is 96.2 cm³/mol. The number of hydrogen-bond acceptors (Lipinski definition) is 5. The topological polar surface area (TPSA) is 56.6 Å². The monoisotopic (exact) mass is 347 g/mol. The summed E-state index contributed by atoms with van der Waals surface area (Å²) in [5, 5.41) is 8.24. The van der Waals surface area contributed by atoms with Crippen LogP contribution >= 0.6 is 23.9 Å². The zero-order valence-corrected chi connectivity index (χ0v) is 15.8. The van der Waals surface area contributed by atoms with E-state index in [1.54, 1.807) is 3.71 Å². The second-order valence-electron chi connectivity index (χ2n) is 5.52. The molecule has 0 heterocycles. The molecular formula is C15H29N3O2S2. The highest BCUT2D eigenvalue weighted by Gasteiger charge is 2.30. The fourth-order valence-electron chi connectivity index (χ4n) is 2.41. The van der Waals surface area contributed by atoms with Crippen molar-refractivity contribution >= 4 is 35.9 Å². The second kappa shape index (κ2) is 10.3. The minimum Gasteiger partial charge on any atom is -0.462 e. The molecule has 2 amide bonds. The molecule has 1 rings (SSSR count). The molecule has 0 atom stereocenters. The van der Waals surface area contributed by atoms with Gasteiger partial charge in [0, 0.05) is 17.5 Å². The van der Waals surface area contributed by atoms with Crippen molar-refractivity contribution in [2.75, 3.05) is 11.5 Å². The van der Waals surface area contributed by atoms with Crippen molar-refractivity contribution < 1.29 is 9.53 Å². The maximum Gasteiger partial charge on any atom is 0.348 e. The maximum absolute atomic E-state index is 12.7. The summed E-state index contributed by atoms with van der Waals surface area (Å²) in [7, 11) is 0. The number of nitrogens with one attached hydrogen (secondary N) is 1. The molecule has 0 aromatic carbocycles. The normalized spacial score (nSPS) is 15.7. The van der Waals surface area contributed by atoms with Gasteiger partial charge in [-0.05, 0) is 63.4 Å². The maximum atomic E-state index is 12.7. The fraction of sp³-hybridized carbons (Fsp3) is 0.867. The van der Waals surface area contributed by atoms with Crippen LogP contribution in [0.1, 0.15) is 59.8 Å². The summed E-state index contributed by atoms with van der Waals surface area (Å²) < 4.78 is 7.45. The number of nitrogens with zero attached hydrogens (tertiary/aromatic N) is 2. The summed E-state index contributed by atoms with van der Waals surface area (Å²) in [5.41, 5.74) is 0. The molecule has 0 saturated heterocycles. The average molecular weight is 348 g/mol. The van der Waals surface area contributed by atoms with E-state index in [1.807, 2.05) is 27.7 Å². The number of amides is 2. The van der Waals surface area contributed by atoms with Crippen molar-refractivity contribution in [3.8, 4) is 0 Å². The number of amidine groups is 1. The highest BCUT2D eigenvalue weighted by molar-refractivity contribution is 8.12. The molecule has 1 aliphatic rings. The molecule has 0 aliphatic heterocycles. The summed E-state index contributed by atoms with van der Waals surface area (Å²) in [6, 6.07) is -0.277. The van der Waals surface area contributed by atoms with E-state index < -0.39 is 0 Å². The summed E-state index contributed by atoms with van der Waals surface area (Å²) in [6.45, 7) is 7.87. The molecule has 5 nitrogen and oxygen atoms in total. The van der Waals surface area contributed by atoms with Crippen LogP contribution in [-0.2, 0) is 4.74 Å². The summed E-state index contributed by atoms with van der Waals surface area (Å²) in [5.74, 6) is 1.64. The van der Waals surface area contributed by atoms with Gasteiger partial charge < -0.3 is 4.74 Å². The Labute approximate surface area is 143 Å². The number of rotatable bonds is 6. The van der Waals surface area contributed by atoms with Gasteiger partial charge in [-0.25, -0.2) is 13.4 Å². The first-order valence-corrected chi connectivity index (χ1v) is 10.0. The third-order valence-electron chi connectivity index (χ3n) is 3.42. The van der Waals surface area contributed by atoms with Crippen molar-refractivity contribution in [3.63, 3.8) is 0 Å². The van der Waals surface area contributed by atoms with Gasteiger partial charge in [-0.3, -0.25) is 5.41 Å². The van der Waals surface area contributed by atoms with Crippen molar-refractivity contribution in [1.29, 1.82) is 5.41 Å². The molecular weight excluding hydrogens is 318 g/mol. The molecule has 128 valence electrons. The lowest BCUT2D eigenvalue weighted by Crippen LogP contribution is -2.47. The quantitative estimate of drug-likeness (QED) is 0.428. The van der Waals surface area contributed by atoms with Gasteiger partial charge in [0.25, 0.3) is 6.02 Å². The Balaban J connectivity index is 2.72. The third-order valence-corrected chi connectivity index (χ3v) is 5.35. The van der Waals surface area contributed by atoms with Gasteiger partial charge in [0.2, 0.25) is 0 Å². The van der Waals surface area contributed by atoms with Crippen LogP contribution in [0.15, 0.2) is 0 Å². The molecule has 1 aliphatic carbocycles. The summed E-state index contributed by atoms with van der Waals surface area (Å²) in [6.07, 6.45) is 5.60. The lowest BCUT2D eigenvalue weighted by Gasteiger charge is -2.33. The van der Waals surface area contributed by atoms with Crippen molar-refractivity contribution in [2.24, 2.45) is 0 Å². The molecule has 22 heavy (non-hydrogen) atoms. The minimum absolute atomic E-state index is 0.00898. The number of carbonyl (C=O) groups is 1. The van der Waals surface area contributed by atoms with Crippen LogP contribution in [0.2, 0.25) is 0 Å². The van der Waals surface area contributed by atoms with Crippen LogP contribution in [-0.4, -0.2) is 44.3 Å². The second-order valence-corrected chi connectivity index (χ2v) is 8.15. The molecule has 0 unspecified atom stereocenters. The number of hydrogen-bond donors (Lipinski definition) is 1. The minimum atomic E-state index is -0.172. The van der Waals surface area contributed by atoms with Crippen LogP contribution in [0.5, 0.6) is 0 Å². The molecule has 0 radical (unpaired) electrons. The van der Waals surface area contributed by atoms with Crippen LogP contribution in [0.25, 0.3) is 0 Å². The first-order valence-electron chi connectivity index (χ1n) is 8.15. The molecule has 0 aromatic rings. The summed E-state index contributed by atoms with van der Waals surface area (Å²) in [4.78, 5) is 14.2. The Morgan fingerprint density at radius 3 is 2.18 bits per heavy atom. The van der Waals surface area contributed by atoms with Crippen molar-refractivity contribution in [3.05, 3.63) is 0 Å². The standard InChI is InChI=1S/C15H29N3O2S2/c1-5-21-18(22-6-2)15(19)17(12(3)4)14(16)20-13-10-8-7-9-11-13/h12-13,16H,5-11H2,1-4H3. The van der Waals surface area contributed by atoms with Crippen molar-refractivity contribution in [2.45, 2.75) is 71.9 Å². The van der Waals surface area contributed by atoms with E-state index in [0.29, 0.717) is 0 Å². The van der Waals surface area contributed by atoms with Gasteiger partial charge in [0.15, 0.2) is 0 Å². The highest BCUT2D eigenvalue weighted by atomic mass is 32.2. The van der Waals surface area contributed by atoms with Crippen LogP contribution in [0.4, 0.5) is 4.79 Å². The SMILES string of the molecule is CCSN(SCC)C(=O)N(C(=N)OC1CCCCC1)C(C)C. The van der Waals surface area contributed by atoms with E-state index in [4.69, 9.17) is 10.1 Å². The first-order chi connectivity index (χ1) is 10.5. The van der Waals surface area contributed by atoms with E-state index in [1.165, 1.54) is 35.2 Å². The zero-order chi connectivity index (χ0) is 16.5. The van der Waals surface area contributed by atoms with Gasteiger partial charge in [0.1, 0.15) is 6.10 Å². The largest absolute Gasteiger partial charge is 0.462 e. The van der Waals surface area contributed by atoms with Gasteiger partial charge >= 0.3 is 6.03 Å². The van der Waals surface area contributed by atoms with Crippen LogP contribution in [0, 0.1) is 5.41 Å². The lowest BCUT2D eigenvalue weighted by atomic mass is 9.98. The Hall–Kier alpha value is -0.560. The Kier molecular flexibility index (Phi) is 9.09. The van der Waals surface area contributed by atoms with E-state index >= 15 is 0 Å². The molecule has 1 fully saturated rings. The predicted octanol–water partition coefficient (Wildman–Crippen LogP) is 4.74. The molecule has 7 heteroatoms. The van der Waals surface area contributed by atoms with Gasteiger partial charge in [-0.15, -0.1) is 0 Å². The number of ether oxygens (including phenoxy) is 1. The van der Waals surface area contributed by atoms with Gasteiger partial charge in [-0.1, -0.05) is 20.3 Å². The van der Waals surface area contributed by atoms with Gasteiger partial charge in [0.05, 0.1) is 0 Å². The van der Waals surface area contributed by atoms with E-state index in [0.717, 1.165) is 37.2 Å². The Morgan fingerprint density at radius 1 is 1.18 bits per heavy atom.